The highest BCUT2D eigenvalue weighted by Crippen LogP contribution is 2.31. The smallest absolute Gasteiger partial charge is 0.255 e. The van der Waals surface area contributed by atoms with E-state index in [9.17, 15) is 4.79 Å². The molecule has 122 valence electrons. The molecule has 0 saturated heterocycles. The van der Waals surface area contributed by atoms with Crippen LogP contribution in [-0.2, 0) is 11.3 Å². The first-order valence-electron chi connectivity index (χ1n) is 7.47. The van der Waals surface area contributed by atoms with E-state index in [1.54, 1.807) is 13.2 Å². The molecule has 0 spiro atoms. The van der Waals surface area contributed by atoms with Gasteiger partial charge in [0.1, 0.15) is 0 Å². The monoisotopic (exact) mass is 314 g/mol. The maximum atomic E-state index is 11.0. The van der Waals surface area contributed by atoms with Crippen LogP contribution in [0.4, 0.5) is 0 Å². The second-order valence-corrected chi connectivity index (χ2v) is 5.22. The molecule has 1 unspecified atom stereocenters. The van der Waals surface area contributed by atoms with Gasteiger partial charge in [-0.1, -0.05) is 42.5 Å². The minimum absolute atomic E-state index is 0.179. The van der Waals surface area contributed by atoms with Crippen molar-refractivity contribution in [1.82, 2.24) is 5.32 Å². The number of carbonyl (C=O) groups excluding carboxylic acids is 1. The lowest BCUT2D eigenvalue weighted by molar-refractivity contribution is -0.119. The fourth-order valence-corrected chi connectivity index (χ4v) is 2.29. The summed E-state index contributed by atoms with van der Waals surface area (Å²) in [7, 11) is 1.57. The summed E-state index contributed by atoms with van der Waals surface area (Å²) in [5.74, 6) is 0.604. The molecule has 0 aliphatic rings. The zero-order chi connectivity index (χ0) is 16.7. The number of hydrogen-bond donors (Lipinski definition) is 2. The van der Waals surface area contributed by atoms with E-state index in [2.05, 4.69) is 24.4 Å². The van der Waals surface area contributed by atoms with Gasteiger partial charge in [-0.3, -0.25) is 4.79 Å². The zero-order valence-electron chi connectivity index (χ0n) is 13.4. The van der Waals surface area contributed by atoms with Gasteiger partial charge >= 0.3 is 0 Å². The summed E-state index contributed by atoms with van der Waals surface area (Å²) < 4.78 is 10.8. The normalized spacial score (nSPS) is 11.7. The molecule has 3 N–H and O–H groups in total. The molecule has 1 atom stereocenters. The van der Waals surface area contributed by atoms with Crippen molar-refractivity contribution in [1.29, 1.82) is 0 Å². The molecule has 0 saturated carbocycles. The SMILES string of the molecule is COc1cccc(CNC(C)c2ccccc2)c1OCC(N)=O. The predicted molar refractivity (Wildman–Crippen MR) is 89.4 cm³/mol. The lowest BCUT2D eigenvalue weighted by Gasteiger charge is -2.18. The number of nitrogens with one attached hydrogen (secondary N) is 1. The Morgan fingerprint density at radius 3 is 2.57 bits per heavy atom. The van der Waals surface area contributed by atoms with Crippen LogP contribution in [0.5, 0.6) is 11.5 Å². The molecule has 0 aromatic heterocycles. The number of rotatable bonds is 8. The average molecular weight is 314 g/mol. The van der Waals surface area contributed by atoms with E-state index in [0.717, 1.165) is 5.56 Å². The summed E-state index contributed by atoms with van der Waals surface area (Å²) in [6.45, 7) is 2.50. The van der Waals surface area contributed by atoms with Crippen LogP contribution in [0.2, 0.25) is 0 Å². The van der Waals surface area contributed by atoms with Gasteiger partial charge in [0.05, 0.1) is 7.11 Å². The summed E-state index contributed by atoms with van der Waals surface area (Å²) in [6.07, 6.45) is 0. The lowest BCUT2D eigenvalue weighted by atomic mass is 10.1. The first-order valence-corrected chi connectivity index (χ1v) is 7.47. The Balaban J connectivity index is 2.10. The molecule has 0 aliphatic carbocycles. The fourth-order valence-electron chi connectivity index (χ4n) is 2.29. The molecule has 0 aliphatic heterocycles. The number of hydrogen-bond acceptors (Lipinski definition) is 4. The summed E-state index contributed by atoms with van der Waals surface area (Å²) in [4.78, 5) is 11.0. The number of para-hydroxylation sites is 1. The number of carbonyl (C=O) groups is 1. The van der Waals surface area contributed by atoms with E-state index in [-0.39, 0.29) is 12.6 Å². The standard InChI is InChI=1S/C18H22N2O3/c1-13(14-7-4-3-5-8-14)20-11-15-9-6-10-16(22-2)18(15)23-12-17(19)21/h3-10,13,20H,11-12H2,1-2H3,(H2,19,21). The van der Waals surface area contributed by atoms with Gasteiger partial charge < -0.3 is 20.5 Å². The number of ether oxygens (including phenoxy) is 2. The molecule has 1 amide bonds. The van der Waals surface area contributed by atoms with Gasteiger partial charge in [0, 0.05) is 18.2 Å². The summed E-state index contributed by atoms with van der Waals surface area (Å²) in [6, 6.07) is 16.0. The number of methoxy groups -OCH3 is 1. The molecule has 2 rings (SSSR count). The van der Waals surface area contributed by atoms with Crippen molar-refractivity contribution in [2.75, 3.05) is 13.7 Å². The van der Waals surface area contributed by atoms with Crippen molar-refractivity contribution in [3.8, 4) is 11.5 Å². The van der Waals surface area contributed by atoms with Gasteiger partial charge in [0.2, 0.25) is 0 Å². The zero-order valence-corrected chi connectivity index (χ0v) is 13.4. The van der Waals surface area contributed by atoms with Crippen LogP contribution < -0.4 is 20.5 Å². The largest absolute Gasteiger partial charge is 0.493 e. The Hall–Kier alpha value is -2.53. The van der Waals surface area contributed by atoms with Gasteiger partial charge in [-0.15, -0.1) is 0 Å². The molecule has 0 radical (unpaired) electrons. The third-order valence-corrected chi connectivity index (χ3v) is 3.54. The van der Waals surface area contributed by atoms with Crippen molar-refractivity contribution in [3.63, 3.8) is 0 Å². The molecule has 2 aromatic carbocycles. The minimum atomic E-state index is -0.521. The van der Waals surface area contributed by atoms with Crippen molar-refractivity contribution in [2.24, 2.45) is 5.73 Å². The Labute approximate surface area is 136 Å². The molecular weight excluding hydrogens is 292 g/mol. The highest BCUT2D eigenvalue weighted by atomic mass is 16.5. The van der Waals surface area contributed by atoms with E-state index in [1.807, 2.05) is 30.3 Å². The molecule has 0 bridgehead atoms. The fraction of sp³-hybridized carbons (Fsp3) is 0.278. The van der Waals surface area contributed by atoms with Crippen molar-refractivity contribution >= 4 is 5.91 Å². The Bertz CT molecular complexity index is 644. The van der Waals surface area contributed by atoms with Crippen molar-refractivity contribution < 1.29 is 14.3 Å². The second-order valence-electron chi connectivity index (χ2n) is 5.22. The van der Waals surface area contributed by atoms with Gasteiger partial charge in [0.15, 0.2) is 18.1 Å². The summed E-state index contributed by atoms with van der Waals surface area (Å²) >= 11 is 0. The first-order chi connectivity index (χ1) is 11.1. The predicted octanol–water partition coefficient (Wildman–Crippen LogP) is 2.41. The third-order valence-electron chi connectivity index (χ3n) is 3.54. The maximum Gasteiger partial charge on any atom is 0.255 e. The van der Waals surface area contributed by atoms with Gasteiger partial charge in [-0.2, -0.15) is 0 Å². The number of benzene rings is 2. The van der Waals surface area contributed by atoms with Crippen LogP contribution in [0, 0.1) is 0 Å². The van der Waals surface area contributed by atoms with Crippen LogP contribution in [0.15, 0.2) is 48.5 Å². The Morgan fingerprint density at radius 1 is 1.17 bits per heavy atom. The lowest BCUT2D eigenvalue weighted by Crippen LogP contribution is -2.22. The molecule has 23 heavy (non-hydrogen) atoms. The molecule has 2 aromatic rings. The van der Waals surface area contributed by atoms with E-state index in [4.69, 9.17) is 15.2 Å². The highest BCUT2D eigenvalue weighted by molar-refractivity contribution is 5.75. The van der Waals surface area contributed by atoms with Crippen molar-refractivity contribution in [2.45, 2.75) is 19.5 Å². The molecule has 0 heterocycles. The Morgan fingerprint density at radius 2 is 1.91 bits per heavy atom. The molecule has 5 heteroatoms. The van der Waals surface area contributed by atoms with Crippen LogP contribution >= 0.6 is 0 Å². The summed E-state index contributed by atoms with van der Waals surface area (Å²) in [5.41, 5.74) is 7.27. The van der Waals surface area contributed by atoms with E-state index >= 15 is 0 Å². The molecular formula is C18H22N2O3. The molecule has 5 nitrogen and oxygen atoms in total. The highest BCUT2D eigenvalue weighted by Gasteiger charge is 2.13. The van der Waals surface area contributed by atoms with E-state index < -0.39 is 5.91 Å². The van der Waals surface area contributed by atoms with Crippen LogP contribution in [-0.4, -0.2) is 19.6 Å². The summed E-state index contributed by atoms with van der Waals surface area (Å²) in [5, 5.41) is 3.44. The van der Waals surface area contributed by atoms with E-state index in [1.165, 1.54) is 5.56 Å². The minimum Gasteiger partial charge on any atom is -0.493 e. The van der Waals surface area contributed by atoms with E-state index in [0.29, 0.717) is 18.0 Å². The second kappa shape index (κ2) is 8.19. The number of primary amides is 1. The topological polar surface area (TPSA) is 73.6 Å². The maximum absolute atomic E-state index is 11.0. The number of nitrogens with two attached hydrogens (primary N) is 1. The van der Waals surface area contributed by atoms with Crippen LogP contribution in [0.25, 0.3) is 0 Å². The van der Waals surface area contributed by atoms with Gasteiger partial charge in [0.25, 0.3) is 5.91 Å². The quantitative estimate of drug-likeness (QED) is 0.785. The van der Waals surface area contributed by atoms with Gasteiger partial charge in [-0.05, 0) is 18.6 Å². The Kier molecular flexibility index (Phi) is 6.00. The van der Waals surface area contributed by atoms with Crippen molar-refractivity contribution in [3.05, 3.63) is 59.7 Å². The van der Waals surface area contributed by atoms with Gasteiger partial charge in [-0.25, -0.2) is 0 Å². The number of amides is 1. The third kappa shape index (κ3) is 4.72. The van der Waals surface area contributed by atoms with Crippen LogP contribution in [0.1, 0.15) is 24.1 Å². The average Bonchev–Trinajstić information content (AvgIpc) is 2.58. The molecule has 0 fully saturated rings. The van der Waals surface area contributed by atoms with Crippen LogP contribution in [0.3, 0.4) is 0 Å². The first kappa shape index (κ1) is 16.8.